The molecule has 0 aliphatic carbocycles. The third kappa shape index (κ3) is 4.21. The number of fused-ring (bicyclic) bond motifs is 1. The first kappa shape index (κ1) is 16.3. The van der Waals surface area contributed by atoms with E-state index in [4.69, 9.17) is 5.11 Å². The molecule has 0 saturated heterocycles. The SMILES string of the molecule is CN(C)CCN(CC(=O)O)C(=O)[C@@H]1SCCc2sccc21. The lowest BCUT2D eigenvalue weighted by molar-refractivity contribution is -0.144. The van der Waals surface area contributed by atoms with Crippen molar-refractivity contribution in [1.82, 2.24) is 9.80 Å². The van der Waals surface area contributed by atoms with E-state index < -0.39 is 5.97 Å². The highest BCUT2D eigenvalue weighted by Crippen LogP contribution is 2.40. The summed E-state index contributed by atoms with van der Waals surface area (Å²) in [6, 6.07) is 2.00. The van der Waals surface area contributed by atoms with Gasteiger partial charge in [0, 0.05) is 18.0 Å². The Morgan fingerprint density at radius 1 is 1.38 bits per heavy atom. The van der Waals surface area contributed by atoms with Gasteiger partial charge in [-0.25, -0.2) is 0 Å². The third-order valence-corrected chi connectivity index (χ3v) is 5.58. The van der Waals surface area contributed by atoms with Gasteiger partial charge in [0.05, 0.1) is 0 Å². The lowest BCUT2D eigenvalue weighted by Crippen LogP contribution is -2.42. The largest absolute Gasteiger partial charge is 0.480 e. The molecule has 1 aromatic rings. The molecular weight excluding hydrogens is 308 g/mol. The molecule has 0 fully saturated rings. The minimum absolute atomic E-state index is 0.0800. The Hall–Kier alpha value is -1.05. The molecule has 1 aliphatic rings. The van der Waals surface area contributed by atoms with E-state index in [1.165, 1.54) is 9.78 Å². The quantitative estimate of drug-likeness (QED) is 0.858. The highest BCUT2D eigenvalue weighted by molar-refractivity contribution is 8.00. The molecule has 116 valence electrons. The van der Waals surface area contributed by atoms with Crippen molar-refractivity contribution in [1.29, 1.82) is 0 Å². The molecule has 0 bridgehead atoms. The van der Waals surface area contributed by atoms with E-state index >= 15 is 0 Å². The van der Waals surface area contributed by atoms with E-state index in [0.717, 1.165) is 17.7 Å². The fraction of sp³-hybridized carbons (Fsp3) is 0.571. The van der Waals surface area contributed by atoms with Crippen molar-refractivity contribution in [3.8, 4) is 0 Å². The summed E-state index contributed by atoms with van der Waals surface area (Å²) >= 11 is 3.30. The number of likely N-dealkylation sites (N-methyl/N-ethyl adjacent to an activating group) is 1. The third-order valence-electron chi connectivity index (χ3n) is 3.36. The summed E-state index contributed by atoms with van der Waals surface area (Å²) in [6.45, 7) is 0.866. The predicted molar refractivity (Wildman–Crippen MR) is 86.0 cm³/mol. The molecule has 21 heavy (non-hydrogen) atoms. The highest BCUT2D eigenvalue weighted by atomic mass is 32.2. The average molecular weight is 328 g/mol. The summed E-state index contributed by atoms with van der Waals surface area (Å²) < 4.78 is 0. The molecule has 2 heterocycles. The zero-order chi connectivity index (χ0) is 15.4. The molecule has 0 aromatic carbocycles. The molecule has 1 atom stereocenters. The maximum atomic E-state index is 12.7. The van der Waals surface area contributed by atoms with E-state index in [-0.39, 0.29) is 17.7 Å². The van der Waals surface area contributed by atoms with Crippen LogP contribution < -0.4 is 0 Å². The summed E-state index contributed by atoms with van der Waals surface area (Å²) in [5.74, 6) is -0.129. The number of amides is 1. The van der Waals surface area contributed by atoms with Crippen LogP contribution in [0.2, 0.25) is 0 Å². The van der Waals surface area contributed by atoms with Gasteiger partial charge in [-0.15, -0.1) is 23.1 Å². The fourth-order valence-electron chi connectivity index (χ4n) is 2.27. The summed E-state index contributed by atoms with van der Waals surface area (Å²) in [5.41, 5.74) is 1.07. The smallest absolute Gasteiger partial charge is 0.323 e. The Morgan fingerprint density at radius 2 is 2.14 bits per heavy atom. The second-order valence-electron chi connectivity index (χ2n) is 5.26. The first-order valence-corrected chi connectivity index (χ1v) is 8.75. The molecule has 1 aromatic heterocycles. The summed E-state index contributed by atoms with van der Waals surface area (Å²) in [4.78, 5) is 28.4. The second kappa shape index (κ2) is 7.29. The Bertz CT molecular complexity index is 516. The number of carbonyl (C=O) groups is 2. The molecule has 0 radical (unpaired) electrons. The van der Waals surface area contributed by atoms with Crippen molar-refractivity contribution in [3.05, 3.63) is 21.9 Å². The van der Waals surface area contributed by atoms with Crippen LogP contribution in [0.15, 0.2) is 11.4 Å². The van der Waals surface area contributed by atoms with Gasteiger partial charge in [0.2, 0.25) is 5.91 Å². The van der Waals surface area contributed by atoms with E-state index in [1.54, 1.807) is 23.1 Å². The Morgan fingerprint density at radius 3 is 2.81 bits per heavy atom. The number of aliphatic carboxylic acids is 1. The van der Waals surface area contributed by atoms with Crippen LogP contribution in [0.1, 0.15) is 15.7 Å². The Balaban J connectivity index is 2.13. The van der Waals surface area contributed by atoms with Gasteiger partial charge in [0.1, 0.15) is 11.8 Å². The van der Waals surface area contributed by atoms with Gasteiger partial charge in [0.15, 0.2) is 0 Å². The predicted octanol–water partition coefficient (Wildman–Crippen LogP) is 1.55. The normalized spacial score (nSPS) is 17.6. The molecule has 1 N–H and O–H groups in total. The molecule has 0 saturated carbocycles. The number of carboxylic acid groups (broad SMARTS) is 1. The minimum Gasteiger partial charge on any atom is -0.480 e. The molecular formula is C14H20N2O3S2. The second-order valence-corrected chi connectivity index (χ2v) is 7.47. The van der Waals surface area contributed by atoms with Gasteiger partial charge in [-0.2, -0.15) is 0 Å². The van der Waals surface area contributed by atoms with Crippen LogP contribution in [0.4, 0.5) is 0 Å². The molecule has 1 amide bonds. The van der Waals surface area contributed by atoms with Gasteiger partial charge >= 0.3 is 5.97 Å². The number of thiophene rings is 1. The van der Waals surface area contributed by atoms with Gasteiger partial charge in [-0.05, 0) is 43.3 Å². The van der Waals surface area contributed by atoms with Crippen LogP contribution in [0, 0.1) is 0 Å². The van der Waals surface area contributed by atoms with Crippen molar-refractivity contribution in [3.63, 3.8) is 0 Å². The zero-order valence-corrected chi connectivity index (χ0v) is 13.9. The molecule has 5 nitrogen and oxygen atoms in total. The number of carboxylic acids is 1. The van der Waals surface area contributed by atoms with E-state index in [9.17, 15) is 9.59 Å². The number of rotatable bonds is 6. The minimum atomic E-state index is -0.964. The van der Waals surface area contributed by atoms with Crippen molar-refractivity contribution in [2.24, 2.45) is 0 Å². The van der Waals surface area contributed by atoms with Crippen LogP contribution in [0.5, 0.6) is 0 Å². The van der Waals surface area contributed by atoms with E-state index in [1.807, 2.05) is 30.4 Å². The summed E-state index contributed by atoms with van der Waals surface area (Å²) in [6.07, 6.45) is 0.998. The summed E-state index contributed by atoms with van der Waals surface area (Å²) in [7, 11) is 3.82. The number of hydrogen-bond acceptors (Lipinski definition) is 5. The number of carbonyl (C=O) groups excluding carboxylic acids is 1. The van der Waals surface area contributed by atoms with Crippen molar-refractivity contribution in [2.75, 3.05) is 39.5 Å². The number of hydrogen-bond donors (Lipinski definition) is 1. The first-order valence-electron chi connectivity index (χ1n) is 6.82. The average Bonchev–Trinajstić information content (AvgIpc) is 2.90. The van der Waals surface area contributed by atoms with Crippen molar-refractivity contribution >= 4 is 35.0 Å². The van der Waals surface area contributed by atoms with E-state index in [2.05, 4.69) is 0 Å². The van der Waals surface area contributed by atoms with Gasteiger partial charge in [-0.1, -0.05) is 0 Å². The van der Waals surface area contributed by atoms with Crippen molar-refractivity contribution < 1.29 is 14.7 Å². The number of thioether (sulfide) groups is 1. The van der Waals surface area contributed by atoms with Gasteiger partial charge in [-0.3, -0.25) is 9.59 Å². The number of nitrogens with zero attached hydrogens (tertiary/aromatic N) is 2. The molecule has 7 heteroatoms. The van der Waals surface area contributed by atoms with Gasteiger partial charge < -0.3 is 14.9 Å². The van der Waals surface area contributed by atoms with Crippen LogP contribution >= 0.6 is 23.1 Å². The standard InChI is InChI=1S/C14H20N2O3S2/c1-15(2)5-6-16(9-12(17)18)14(19)13-10-3-7-20-11(10)4-8-21-13/h3,7,13H,4-6,8-9H2,1-2H3,(H,17,18)/t13-/m1/s1. The maximum Gasteiger partial charge on any atom is 0.323 e. The molecule has 2 rings (SSSR count). The van der Waals surface area contributed by atoms with Crippen LogP contribution in [0.25, 0.3) is 0 Å². The topological polar surface area (TPSA) is 60.9 Å². The monoisotopic (exact) mass is 328 g/mol. The zero-order valence-electron chi connectivity index (χ0n) is 12.2. The first-order chi connectivity index (χ1) is 9.99. The van der Waals surface area contributed by atoms with Gasteiger partial charge in [0.25, 0.3) is 0 Å². The lowest BCUT2D eigenvalue weighted by Gasteiger charge is -2.29. The van der Waals surface area contributed by atoms with Crippen molar-refractivity contribution in [2.45, 2.75) is 11.7 Å². The lowest BCUT2D eigenvalue weighted by atomic mass is 10.1. The Labute approximate surface area is 132 Å². The molecule has 1 aliphatic heterocycles. The van der Waals surface area contributed by atoms with E-state index in [0.29, 0.717) is 13.1 Å². The maximum absolute atomic E-state index is 12.7. The number of aryl methyl sites for hydroxylation is 1. The van der Waals surface area contributed by atoms with Crippen LogP contribution in [-0.4, -0.2) is 66.3 Å². The Kier molecular flexibility index (Phi) is 5.66. The highest BCUT2D eigenvalue weighted by Gasteiger charge is 2.32. The molecule has 0 spiro atoms. The van der Waals surface area contributed by atoms with Crippen LogP contribution in [0.3, 0.4) is 0 Å². The van der Waals surface area contributed by atoms with Crippen LogP contribution in [-0.2, 0) is 16.0 Å². The molecule has 0 unspecified atom stereocenters. The fourth-order valence-corrected chi connectivity index (χ4v) is 4.64. The summed E-state index contributed by atoms with van der Waals surface area (Å²) in [5, 5.41) is 10.8.